The van der Waals surface area contributed by atoms with E-state index < -0.39 is 0 Å². The van der Waals surface area contributed by atoms with Gasteiger partial charge in [0.05, 0.1) is 5.56 Å². The molecule has 0 aromatic carbocycles. The highest BCUT2D eigenvalue weighted by Gasteiger charge is 2.40. The van der Waals surface area contributed by atoms with Crippen LogP contribution in [0.4, 0.5) is 10.8 Å². The summed E-state index contributed by atoms with van der Waals surface area (Å²) >= 11 is 3.04. The van der Waals surface area contributed by atoms with E-state index in [2.05, 4.69) is 62.0 Å². The lowest BCUT2D eigenvalue weighted by Crippen LogP contribution is -2.54. The number of hydrogen-bond donors (Lipinski definition) is 2. The Morgan fingerprint density at radius 1 is 1.22 bits per heavy atom. The van der Waals surface area contributed by atoms with Crippen LogP contribution in [0.2, 0.25) is 0 Å². The van der Waals surface area contributed by atoms with Gasteiger partial charge < -0.3 is 20.7 Å². The molecular weight excluding hydrogens is 553 g/mol. The molecule has 41 heavy (non-hydrogen) atoms. The summed E-state index contributed by atoms with van der Waals surface area (Å²) in [5.74, 6) is 2.04. The van der Waals surface area contributed by atoms with Gasteiger partial charge in [-0.2, -0.15) is 14.6 Å². The number of likely N-dealkylation sites (N-methyl/N-ethyl adjacent to an activating group) is 1. The van der Waals surface area contributed by atoms with Crippen molar-refractivity contribution in [3.63, 3.8) is 0 Å². The molecule has 3 aromatic rings. The number of nitrogens with zero attached hydrogens (tertiary/aromatic N) is 6. The van der Waals surface area contributed by atoms with Crippen molar-refractivity contribution in [3.8, 4) is 23.5 Å². The second-order valence-electron chi connectivity index (χ2n) is 12.3. The minimum atomic E-state index is -0.315. The first-order valence-corrected chi connectivity index (χ1v) is 16.3. The number of piperazine rings is 1. The number of likely N-dealkylation sites (tertiary alicyclic amines) is 1. The van der Waals surface area contributed by atoms with Gasteiger partial charge in [-0.05, 0) is 89.6 Å². The Morgan fingerprint density at radius 3 is 2.71 bits per heavy atom. The van der Waals surface area contributed by atoms with Crippen LogP contribution >= 0.6 is 22.9 Å². The van der Waals surface area contributed by atoms with Crippen molar-refractivity contribution >= 4 is 33.7 Å². The molecule has 5 atom stereocenters. The summed E-state index contributed by atoms with van der Waals surface area (Å²) in [6.45, 7) is 11.6. The summed E-state index contributed by atoms with van der Waals surface area (Å²) < 4.78 is 11.4. The van der Waals surface area contributed by atoms with Crippen LogP contribution in [0, 0.1) is 11.3 Å². The van der Waals surface area contributed by atoms with Gasteiger partial charge in [-0.25, -0.2) is 4.98 Å². The molecule has 6 rings (SSSR count). The molecule has 3 aromatic heterocycles. The molecule has 3 aliphatic rings. The molecule has 0 spiro atoms. The van der Waals surface area contributed by atoms with Gasteiger partial charge >= 0.3 is 0 Å². The maximum atomic E-state index is 9.93. The zero-order valence-corrected chi connectivity index (χ0v) is 26.2. The standard InChI is InChI=1S/C30H40N8OS2/c1-17-15-38(16-18(2)33-17)25-13-26(39-19(3)22-8-7-11-37(22)5)35-29(34-25)21-12-24(41-36-21)30(4)10-6-9-23-27(30)20(14-31)28(32)40-23/h12-13,17-19,22,33H,6-11,15-16,32H2,1-5H3/t17-,18?,19-,22?,30+/m0/s1. The van der Waals surface area contributed by atoms with Crippen LogP contribution < -0.4 is 20.7 Å². The Balaban J connectivity index is 1.37. The fraction of sp³-hybridized carbons (Fsp3) is 0.600. The molecular formula is C30H40N8OS2. The van der Waals surface area contributed by atoms with Crippen molar-refractivity contribution in [1.82, 2.24) is 24.6 Å². The highest BCUT2D eigenvalue weighted by Crippen LogP contribution is 2.50. The molecule has 5 heterocycles. The molecule has 0 amide bonds. The number of aryl methyl sites for hydroxylation is 1. The fourth-order valence-electron chi connectivity index (χ4n) is 7.04. The predicted octanol–water partition coefficient (Wildman–Crippen LogP) is 4.81. The Morgan fingerprint density at radius 2 is 2.00 bits per heavy atom. The van der Waals surface area contributed by atoms with Gasteiger partial charge in [-0.15, -0.1) is 11.3 Å². The summed E-state index contributed by atoms with van der Waals surface area (Å²) in [5.41, 5.74) is 8.42. The van der Waals surface area contributed by atoms with Crippen LogP contribution in [0.1, 0.15) is 74.3 Å². The largest absolute Gasteiger partial charge is 0.473 e. The van der Waals surface area contributed by atoms with Crippen molar-refractivity contribution in [1.29, 1.82) is 5.26 Å². The predicted molar refractivity (Wildman–Crippen MR) is 166 cm³/mol. The average Bonchev–Trinajstić information content (AvgIpc) is 3.67. The van der Waals surface area contributed by atoms with Crippen LogP contribution in [-0.2, 0) is 11.8 Å². The molecule has 3 N–H and O–H groups in total. The van der Waals surface area contributed by atoms with E-state index >= 15 is 0 Å². The highest BCUT2D eigenvalue weighted by atomic mass is 32.1. The SMILES string of the molecule is CC1CN(c2cc(O[C@@H](C)C3CCCN3C)nc(-c3cc([C@@]4(C)CCCc5sc(N)c(C#N)c54)sn3)n2)C[C@H](C)N1. The summed E-state index contributed by atoms with van der Waals surface area (Å²) in [6.07, 6.45) is 5.30. The number of hydrogen-bond acceptors (Lipinski definition) is 11. The lowest BCUT2D eigenvalue weighted by Gasteiger charge is -2.37. The van der Waals surface area contributed by atoms with Crippen molar-refractivity contribution in [2.75, 3.05) is 37.3 Å². The van der Waals surface area contributed by atoms with Crippen molar-refractivity contribution in [2.45, 2.75) is 89.4 Å². The molecule has 11 heteroatoms. The molecule has 0 saturated carbocycles. The number of nitrogen functional groups attached to an aromatic ring is 1. The van der Waals surface area contributed by atoms with Gasteiger partial charge in [-0.3, -0.25) is 4.90 Å². The van der Waals surface area contributed by atoms with E-state index in [0.29, 0.717) is 40.4 Å². The number of nitriles is 1. The first-order chi connectivity index (χ1) is 19.7. The van der Waals surface area contributed by atoms with Gasteiger partial charge in [0.25, 0.3) is 0 Å². The Kier molecular flexibility index (Phi) is 7.70. The molecule has 2 fully saturated rings. The first kappa shape index (κ1) is 28.3. The van der Waals surface area contributed by atoms with E-state index in [4.69, 9.17) is 24.8 Å². The lowest BCUT2D eigenvalue weighted by atomic mass is 9.71. The van der Waals surface area contributed by atoms with Crippen LogP contribution in [0.3, 0.4) is 0 Å². The number of anilines is 2. The number of rotatable bonds is 6. The molecule has 218 valence electrons. The maximum absolute atomic E-state index is 9.93. The van der Waals surface area contributed by atoms with Gasteiger partial charge in [-0.1, -0.05) is 6.92 Å². The van der Waals surface area contributed by atoms with Gasteiger partial charge in [0.2, 0.25) is 5.88 Å². The van der Waals surface area contributed by atoms with Crippen molar-refractivity contribution < 1.29 is 4.74 Å². The minimum Gasteiger partial charge on any atom is -0.473 e. The zero-order chi connectivity index (χ0) is 28.9. The van der Waals surface area contributed by atoms with E-state index in [1.54, 1.807) is 11.3 Å². The normalized spacial score (nSPS) is 27.4. The van der Waals surface area contributed by atoms with Crippen molar-refractivity contribution in [3.05, 3.63) is 33.0 Å². The molecule has 2 unspecified atom stereocenters. The van der Waals surface area contributed by atoms with Crippen LogP contribution in [0.5, 0.6) is 5.88 Å². The average molecular weight is 593 g/mol. The fourth-order valence-corrected chi connectivity index (χ4v) is 9.14. The van der Waals surface area contributed by atoms with E-state index in [9.17, 15) is 5.26 Å². The lowest BCUT2D eigenvalue weighted by molar-refractivity contribution is 0.117. The minimum absolute atomic E-state index is 0.0120. The van der Waals surface area contributed by atoms with Crippen LogP contribution in [0.15, 0.2) is 12.1 Å². The number of nitrogens with one attached hydrogen (secondary N) is 1. The monoisotopic (exact) mass is 592 g/mol. The van der Waals surface area contributed by atoms with Gasteiger partial charge in [0, 0.05) is 52.5 Å². The molecule has 0 bridgehead atoms. The third-order valence-electron chi connectivity index (χ3n) is 9.03. The topological polar surface area (TPSA) is 116 Å². The molecule has 9 nitrogen and oxygen atoms in total. The summed E-state index contributed by atoms with van der Waals surface area (Å²) in [7, 11) is 2.17. The van der Waals surface area contributed by atoms with E-state index in [1.807, 2.05) is 6.07 Å². The third-order valence-corrected chi connectivity index (χ3v) is 11.2. The van der Waals surface area contributed by atoms with Gasteiger partial charge in [0.15, 0.2) is 5.82 Å². The smallest absolute Gasteiger partial charge is 0.219 e. The Hall–Kier alpha value is -2.78. The van der Waals surface area contributed by atoms with Crippen LogP contribution in [-0.4, -0.2) is 70.2 Å². The molecule has 1 aliphatic carbocycles. The zero-order valence-electron chi connectivity index (χ0n) is 24.6. The molecule has 2 aliphatic heterocycles. The van der Waals surface area contributed by atoms with Crippen molar-refractivity contribution in [2.24, 2.45) is 0 Å². The van der Waals surface area contributed by atoms with E-state index in [-0.39, 0.29) is 11.5 Å². The number of aromatic nitrogens is 3. The molecule has 0 radical (unpaired) electrons. The quantitative estimate of drug-likeness (QED) is 0.416. The third kappa shape index (κ3) is 5.31. The first-order valence-electron chi connectivity index (χ1n) is 14.7. The Labute approximate surface area is 250 Å². The van der Waals surface area contributed by atoms with E-state index in [1.165, 1.54) is 22.8 Å². The van der Waals surface area contributed by atoms with Crippen LogP contribution in [0.25, 0.3) is 11.5 Å². The number of thiophene rings is 1. The summed E-state index contributed by atoms with van der Waals surface area (Å²) in [5, 5.41) is 14.2. The highest BCUT2D eigenvalue weighted by molar-refractivity contribution is 7.16. The maximum Gasteiger partial charge on any atom is 0.219 e. The summed E-state index contributed by atoms with van der Waals surface area (Å²) in [6, 6.07) is 7.58. The number of ether oxygens (including phenoxy) is 1. The van der Waals surface area contributed by atoms with Gasteiger partial charge in [0.1, 0.15) is 28.7 Å². The molecule has 2 saturated heterocycles. The second kappa shape index (κ2) is 11.1. The summed E-state index contributed by atoms with van der Waals surface area (Å²) in [4.78, 5) is 17.0. The van der Waals surface area contributed by atoms with E-state index in [0.717, 1.165) is 67.3 Å². The second-order valence-corrected chi connectivity index (χ2v) is 14.2. The Bertz CT molecular complexity index is 1450. The number of fused-ring (bicyclic) bond motifs is 1. The number of nitrogens with two attached hydrogens (primary N) is 1.